The Hall–Kier alpha value is -1.40. The highest BCUT2D eigenvalue weighted by Gasteiger charge is 2.20. The molecule has 0 aliphatic carbocycles. The Kier molecular flexibility index (Phi) is 3.44. The molecule has 0 spiro atoms. The van der Waals surface area contributed by atoms with Crippen LogP contribution in [-0.2, 0) is 4.74 Å². The lowest BCUT2D eigenvalue weighted by Crippen LogP contribution is -2.06. The molecule has 0 aliphatic heterocycles. The van der Waals surface area contributed by atoms with E-state index in [1.54, 1.807) is 18.3 Å². The highest BCUT2D eigenvalue weighted by atomic mass is 32.1. The molecule has 0 unspecified atom stereocenters. The van der Waals surface area contributed by atoms with Crippen LogP contribution < -0.4 is 5.73 Å². The van der Waals surface area contributed by atoms with Crippen LogP contribution in [0.3, 0.4) is 0 Å². The third-order valence-corrected chi connectivity index (χ3v) is 4.14. The summed E-state index contributed by atoms with van der Waals surface area (Å²) in [6.07, 6.45) is 0. The quantitative estimate of drug-likeness (QED) is 0.869. The molecule has 2 aromatic rings. The monoisotopic (exact) mass is 268 g/mol. The van der Waals surface area contributed by atoms with E-state index in [9.17, 15) is 4.79 Å². The molecule has 17 heavy (non-hydrogen) atoms. The van der Waals surface area contributed by atoms with E-state index >= 15 is 0 Å². The molecule has 6 heteroatoms. The molecular weight excluding hydrogens is 256 g/mol. The Morgan fingerprint density at radius 3 is 2.82 bits per heavy atom. The van der Waals surface area contributed by atoms with Gasteiger partial charge in [0.25, 0.3) is 0 Å². The van der Waals surface area contributed by atoms with Gasteiger partial charge in [0.05, 0.1) is 11.5 Å². The summed E-state index contributed by atoms with van der Waals surface area (Å²) in [7, 11) is 0. The highest BCUT2D eigenvalue weighted by molar-refractivity contribution is 7.24. The maximum absolute atomic E-state index is 11.7. The van der Waals surface area contributed by atoms with Gasteiger partial charge >= 0.3 is 5.97 Å². The van der Waals surface area contributed by atoms with Gasteiger partial charge in [-0.2, -0.15) is 0 Å². The number of nitrogens with two attached hydrogens (primary N) is 1. The number of rotatable bonds is 3. The van der Waals surface area contributed by atoms with Gasteiger partial charge in [-0.25, -0.2) is 9.78 Å². The van der Waals surface area contributed by atoms with Crippen LogP contribution in [0.1, 0.15) is 22.3 Å². The zero-order valence-electron chi connectivity index (χ0n) is 9.52. The number of carbonyl (C=O) groups is 1. The van der Waals surface area contributed by atoms with Crippen LogP contribution in [0.5, 0.6) is 0 Å². The smallest absolute Gasteiger partial charge is 0.358 e. The van der Waals surface area contributed by atoms with Crippen molar-refractivity contribution in [3.05, 3.63) is 22.7 Å². The molecule has 0 saturated carbocycles. The van der Waals surface area contributed by atoms with E-state index in [-0.39, 0.29) is 0 Å². The fourth-order valence-electron chi connectivity index (χ4n) is 1.40. The van der Waals surface area contributed by atoms with Crippen molar-refractivity contribution in [2.24, 2.45) is 0 Å². The normalized spacial score (nSPS) is 10.5. The van der Waals surface area contributed by atoms with Gasteiger partial charge < -0.3 is 10.5 Å². The van der Waals surface area contributed by atoms with Crippen molar-refractivity contribution >= 4 is 33.8 Å². The number of hydrogen-bond acceptors (Lipinski definition) is 6. The SMILES string of the molecule is CCOC(=O)c1nc(N)sc1-c1ccc(C)s1. The van der Waals surface area contributed by atoms with E-state index in [4.69, 9.17) is 10.5 Å². The molecule has 0 fully saturated rings. The second kappa shape index (κ2) is 4.85. The lowest BCUT2D eigenvalue weighted by molar-refractivity contribution is 0.0521. The molecule has 0 aliphatic rings. The molecule has 4 nitrogen and oxygen atoms in total. The first kappa shape index (κ1) is 12.1. The van der Waals surface area contributed by atoms with Crippen molar-refractivity contribution in [2.75, 3.05) is 12.3 Å². The molecule has 2 N–H and O–H groups in total. The van der Waals surface area contributed by atoms with Gasteiger partial charge in [-0.05, 0) is 26.0 Å². The highest BCUT2D eigenvalue weighted by Crippen LogP contribution is 2.36. The summed E-state index contributed by atoms with van der Waals surface area (Å²) < 4.78 is 4.96. The minimum absolute atomic E-state index is 0.316. The first-order valence-corrected chi connectivity index (χ1v) is 6.75. The fraction of sp³-hybridized carbons (Fsp3) is 0.273. The van der Waals surface area contributed by atoms with Crippen LogP contribution in [0.2, 0.25) is 0 Å². The van der Waals surface area contributed by atoms with Crippen molar-refractivity contribution in [1.29, 1.82) is 0 Å². The topological polar surface area (TPSA) is 65.2 Å². The number of aromatic nitrogens is 1. The second-order valence-electron chi connectivity index (χ2n) is 3.36. The molecular formula is C11H12N2O2S2. The number of thiophene rings is 1. The maximum atomic E-state index is 11.7. The number of nitrogen functional groups attached to an aromatic ring is 1. The van der Waals surface area contributed by atoms with Gasteiger partial charge in [0, 0.05) is 9.75 Å². The standard InChI is InChI=1S/C11H12N2O2S2/c1-3-15-10(14)8-9(17-11(12)13-8)7-5-4-6(2)16-7/h4-5H,3H2,1-2H3,(H2,12,13). The van der Waals surface area contributed by atoms with Crippen molar-refractivity contribution < 1.29 is 9.53 Å². The second-order valence-corrected chi connectivity index (χ2v) is 5.68. The van der Waals surface area contributed by atoms with E-state index < -0.39 is 5.97 Å². The van der Waals surface area contributed by atoms with Crippen molar-refractivity contribution in [2.45, 2.75) is 13.8 Å². The number of esters is 1. The Bertz CT molecular complexity index is 545. The molecule has 90 valence electrons. The number of ether oxygens (including phenoxy) is 1. The van der Waals surface area contributed by atoms with Gasteiger partial charge in [-0.1, -0.05) is 11.3 Å². The van der Waals surface area contributed by atoms with E-state index in [0.717, 1.165) is 9.75 Å². The first-order valence-electron chi connectivity index (χ1n) is 5.12. The van der Waals surface area contributed by atoms with Gasteiger partial charge in [0.2, 0.25) is 0 Å². The average molecular weight is 268 g/mol. The van der Waals surface area contributed by atoms with Crippen LogP contribution in [0, 0.1) is 6.92 Å². The molecule has 0 bridgehead atoms. The summed E-state index contributed by atoms with van der Waals surface area (Å²) in [5, 5.41) is 0.383. The summed E-state index contributed by atoms with van der Waals surface area (Å²) >= 11 is 2.92. The Balaban J connectivity index is 2.43. The van der Waals surface area contributed by atoms with Gasteiger partial charge in [0.1, 0.15) is 0 Å². The predicted molar refractivity (Wildman–Crippen MR) is 70.5 cm³/mol. The lowest BCUT2D eigenvalue weighted by atomic mass is 10.3. The summed E-state index contributed by atoms with van der Waals surface area (Å²) in [4.78, 5) is 18.7. The van der Waals surface area contributed by atoms with Crippen LogP contribution in [-0.4, -0.2) is 17.6 Å². The number of carbonyl (C=O) groups excluding carboxylic acids is 1. The van der Waals surface area contributed by atoms with E-state index in [2.05, 4.69) is 4.98 Å². The van der Waals surface area contributed by atoms with Crippen molar-refractivity contribution in [3.63, 3.8) is 0 Å². The summed E-state index contributed by atoms with van der Waals surface area (Å²) in [6, 6.07) is 3.97. The molecule has 0 amide bonds. The van der Waals surface area contributed by atoms with Crippen molar-refractivity contribution in [3.8, 4) is 9.75 Å². The van der Waals surface area contributed by atoms with E-state index in [0.29, 0.717) is 17.4 Å². The summed E-state index contributed by atoms with van der Waals surface area (Å²) in [5.41, 5.74) is 5.98. The first-order chi connectivity index (χ1) is 8.11. The Morgan fingerprint density at radius 2 is 2.24 bits per heavy atom. The van der Waals surface area contributed by atoms with Gasteiger partial charge in [-0.3, -0.25) is 0 Å². The molecule has 0 aromatic carbocycles. The largest absolute Gasteiger partial charge is 0.461 e. The molecule has 2 aromatic heterocycles. The van der Waals surface area contributed by atoms with Crippen LogP contribution >= 0.6 is 22.7 Å². The number of anilines is 1. The summed E-state index contributed by atoms with van der Waals surface area (Å²) in [6.45, 7) is 4.12. The zero-order valence-corrected chi connectivity index (χ0v) is 11.2. The minimum Gasteiger partial charge on any atom is -0.461 e. The minimum atomic E-state index is -0.415. The lowest BCUT2D eigenvalue weighted by Gasteiger charge is -1.99. The number of nitrogens with zero attached hydrogens (tertiary/aromatic N) is 1. The van der Waals surface area contributed by atoms with Gasteiger partial charge in [0.15, 0.2) is 10.8 Å². The number of aryl methyl sites for hydroxylation is 1. The van der Waals surface area contributed by atoms with Crippen LogP contribution in [0.4, 0.5) is 5.13 Å². The Morgan fingerprint density at radius 1 is 1.47 bits per heavy atom. The molecule has 0 atom stereocenters. The zero-order chi connectivity index (χ0) is 12.4. The third-order valence-electron chi connectivity index (χ3n) is 2.08. The van der Waals surface area contributed by atoms with Crippen LogP contribution in [0.25, 0.3) is 9.75 Å². The molecule has 0 radical (unpaired) electrons. The molecule has 2 rings (SSSR count). The third kappa shape index (κ3) is 2.48. The fourth-order valence-corrected chi connectivity index (χ4v) is 3.20. The molecule has 2 heterocycles. The number of hydrogen-bond donors (Lipinski definition) is 1. The summed E-state index contributed by atoms with van der Waals surface area (Å²) in [5.74, 6) is -0.415. The predicted octanol–water partition coefficient (Wildman–Crippen LogP) is 2.94. The number of thiazole rings is 1. The van der Waals surface area contributed by atoms with Gasteiger partial charge in [-0.15, -0.1) is 11.3 Å². The van der Waals surface area contributed by atoms with E-state index in [1.807, 2.05) is 19.1 Å². The Labute approximate surface area is 107 Å². The molecule has 0 saturated heterocycles. The maximum Gasteiger partial charge on any atom is 0.358 e. The van der Waals surface area contributed by atoms with E-state index in [1.165, 1.54) is 16.2 Å². The average Bonchev–Trinajstić information content (AvgIpc) is 2.84. The van der Waals surface area contributed by atoms with Crippen molar-refractivity contribution in [1.82, 2.24) is 4.98 Å². The van der Waals surface area contributed by atoms with Crippen LogP contribution in [0.15, 0.2) is 12.1 Å².